The maximum Gasteiger partial charge on any atom is 0.119 e. The van der Waals surface area contributed by atoms with Gasteiger partial charge in [0.05, 0.1) is 0 Å². The summed E-state index contributed by atoms with van der Waals surface area (Å²) in [6.07, 6.45) is 0. The highest BCUT2D eigenvalue weighted by Gasteiger charge is 1.96. The van der Waals surface area contributed by atoms with Crippen LogP contribution in [-0.2, 0) is 0 Å². The molecule has 0 amide bonds. The molecule has 0 saturated heterocycles. The zero-order valence-corrected chi connectivity index (χ0v) is 8.13. The van der Waals surface area contributed by atoms with Crippen LogP contribution < -0.4 is 16.0 Å². The smallest absolute Gasteiger partial charge is 0.119 e. The quantitative estimate of drug-likeness (QED) is 0.415. The molecule has 13 heavy (non-hydrogen) atoms. The highest BCUT2D eigenvalue weighted by molar-refractivity contribution is 5.33. The van der Waals surface area contributed by atoms with Gasteiger partial charge >= 0.3 is 0 Å². The second-order valence-corrected chi connectivity index (χ2v) is 3.05. The molecule has 0 radical (unpaired) electrons. The minimum Gasteiger partial charge on any atom is -0.492 e. The summed E-state index contributed by atoms with van der Waals surface area (Å²) in [6, 6.07) is 6.06. The van der Waals surface area contributed by atoms with Gasteiger partial charge in [0.2, 0.25) is 0 Å². The van der Waals surface area contributed by atoms with E-state index in [0.717, 1.165) is 5.75 Å². The fourth-order valence-corrected chi connectivity index (χ4v) is 1.03. The van der Waals surface area contributed by atoms with E-state index in [1.165, 1.54) is 11.1 Å². The first-order valence-corrected chi connectivity index (χ1v) is 4.37. The zero-order valence-electron chi connectivity index (χ0n) is 8.13. The number of benzene rings is 1. The van der Waals surface area contributed by atoms with Gasteiger partial charge in [0.15, 0.2) is 0 Å². The summed E-state index contributed by atoms with van der Waals surface area (Å²) in [6.45, 7) is 5.41. The van der Waals surface area contributed by atoms with Crippen LogP contribution in [0.25, 0.3) is 0 Å². The summed E-state index contributed by atoms with van der Waals surface area (Å²) in [5.41, 5.74) is 5.07. The molecule has 0 spiro atoms. The summed E-state index contributed by atoms with van der Waals surface area (Å²) in [7, 11) is 0. The van der Waals surface area contributed by atoms with Crippen molar-refractivity contribution in [2.24, 2.45) is 5.84 Å². The van der Waals surface area contributed by atoms with Gasteiger partial charge in [-0.2, -0.15) is 0 Å². The number of hydrazine groups is 1. The maximum atomic E-state index is 5.44. The Hall–Kier alpha value is -1.06. The first kappa shape index (κ1) is 10.0. The fourth-order valence-electron chi connectivity index (χ4n) is 1.03. The molecule has 0 saturated carbocycles. The number of nitrogens with two attached hydrogens (primary N) is 1. The van der Waals surface area contributed by atoms with Gasteiger partial charge in [-0.15, -0.1) is 0 Å². The molecule has 1 aromatic rings. The van der Waals surface area contributed by atoms with Gasteiger partial charge in [0, 0.05) is 6.54 Å². The molecule has 3 nitrogen and oxygen atoms in total. The van der Waals surface area contributed by atoms with Crippen molar-refractivity contribution in [2.75, 3.05) is 13.2 Å². The van der Waals surface area contributed by atoms with E-state index in [9.17, 15) is 0 Å². The van der Waals surface area contributed by atoms with E-state index in [-0.39, 0.29) is 0 Å². The number of hydrogen-bond donors (Lipinski definition) is 2. The topological polar surface area (TPSA) is 47.3 Å². The minimum atomic E-state index is 0.596. The van der Waals surface area contributed by atoms with Crippen LogP contribution in [0.3, 0.4) is 0 Å². The maximum absolute atomic E-state index is 5.44. The molecule has 3 heteroatoms. The van der Waals surface area contributed by atoms with E-state index in [0.29, 0.717) is 13.2 Å². The van der Waals surface area contributed by atoms with Crippen LogP contribution in [0.5, 0.6) is 5.75 Å². The third-order valence-electron chi connectivity index (χ3n) is 1.99. The van der Waals surface area contributed by atoms with Crippen molar-refractivity contribution in [3.8, 4) is 5.75 Å². The van der Waals surface area contributed by atoms with Crippen LogP contribution >= 0.6 is 0 Å². The molecule has 0 atom stereocenters. The lowest BCUT2D eigenvalue weighted by Crippen LogP contribution is -2.27. The van der Waals surface area contributed by atoms with Crippen molar-refractivity contribution in [2.45, 2.75) is 13.8 Å². The van der Waals surface area contributed by atoms with Gasteiger partial charge in [-0.1, -0.05) is 6.07 Å². The fraction of sp³-hybridized carbons (Fsp3) is 0.400. The first-order valence-electron chi connectivity index (χ1n) is 4.37. The summed E-state index contributed by atoms with van der Waals surface area (Å²) in [5, 5.41) is 0. The number of hydrogen-bond acceptors (Lipinski definition) is 3. The zero-order chi connectivity index (χ0) is 9.68. The Morgan fingerprint density at radius 2 is 2.08 bits per heavy atom. The lowest BCUT2D eigenvalue weighted by Gasteiger charge is -2.07. The Balaban J connectivity index is 2.53. The SMILES string of the molecule is Cc1ccc(OCCNN)cc1C. The van der Waals surface area contributed by atoms with Crippen molar-refractivity contribution in [1.29, 1.82) is 0 Å². The van der Waals surface area contributed by atoms with Crippen LogP contribution in [0.15, 0.2) is 18.2 Å². The van der Waals surface area contributed by atoms with Gasteiger partial charge in [-0.05, 0) is 37.1 Å². The van der Waals surface area contributed by atoms with Crippen molar-refractivity contribution >= 4 is 0 Å². The highest BCUT2D eigenvalue weighted by Crippen LogP contribution is 2.15. The Morgan fingerprint density at radius 1 is 1.31 bits per heavy atom. The van der Waals surface area contributed by atoms with Crippen LogP contribution in [0, 0.1) is 13.8 Å². The van der Waals surface area contributed by atoms with Crippen LogP contribution in [0.2, 0.25) is 0 Å². The molecule has 0 unspecified atom stereocenters. The summed E-state index contributed by atoms with van der Waals surface area (Å²) in [4.78, 5) is 0. The summed E-state index contributed by atoms with van der Waals surface area (Å²) in [5.74, 6) is 6.02. The molecule has 0 aliphatic rings. The largest absolute Gasteiger partial charge is 0.492 e. The highest BCUT2D eigenvalue weighted by atomic mass is 16.5. The molecule has 0 aliphatic heterocycles. The Kier molecular flexibility index (Phi) is 3.73. The normalized spacial score (nSPS) is 10.1. The van der Waals surface area contributed by atoms with Gasteiger partial charge in [-0.25, -0.2) is 0 Å². The Labute approximate surface area is 78.9 Å². The van der Waals surface area contributed by atoms with E-state index in [2.05, 4.69) is 25.3 Å². The Morgan fingerprint density at radius 3 is 2.69 bits per heavy atom. The van der Waals surface area contributed by atoms with Crippen LogP contribution in [0.1, 0.15) is 11.1 Å². The predicted molar refractivity (Wildman–Crippen MR) is 53.6 cm³/mol. The van der Waals surface area contributed by atoms with Crippen molar-refractivity contribution in [1.82, 2.24) is 5.43 Å². The molecule has 0 fully saturated rings. The summed E-state index contributed by atoms with van der Waals surface area (Å²) >= 11 is 0. The number of nitrogens with one attached hydrogen (secondary N) is 1. The van der Waals surface area contributed by atoms with E-state index in [1.807, 2.05) is 12.1 Å². The standard InChI is InChI=1S/C10H16N2O/c1-8-3-4-10(7-9(8)2)13-6-5-12-11/h3-4,7,12H,5-6,11H2,1-2H3. The van der Waals surface area contributed by atoms with Crippen LogP contribution in [-0.4, -0.2) is 13.2 Å². The van der Waals surface area contributed by atoms with Crippen molar-refractivity contribution < 1.29 is 4.74 Å². The molecule has 0 bridgehead atoms. The van der Waals surface area contributed by atoms with Crippen LogP contribution in [0.4, 0.5) is 0 Å². The molecule has 72 valence electrons. The predicted octanol–water partition coefficient (Wildman–Crippen LogP) is 1.15. The van der Waals surface area contributed by atoms with Crippen molar-refractivity contribution in [3.63, 3.8) is 0 Å². The molecular weight excluding hydrogens is 164 g/mol. The third-order valence-corrected chi connectivity index (χ3v) is 1.99. The van der Waals surface area contributed by atoms with Gasteiger partial charge in [0.1, 0.15) is 12.4 Å². The van der Waals surface area contributed by atoms with E-state index >= 15 is 0 Å². The second kappa shape index (κ2) is 4.84. The van der Waals surface area contributed by atoms with Crippen molar-refractivity contribution in [3.05, 3.63) is 29.3 Å². The summed E-state index contributed by atoms with van der Waals surface area (Å²) < 4.78 is 5.44. The molecule has 3 N–H and O–H groups in total. The van der Waals surface area contributed by atoms with E-state index in [4.69, 9.17) is 10.6 Å². The monoisotopic (exact) mass is 180 g/mol. The molecule has 0 aliphatic carbocycles. The molecule has 0 aromatic heterocycles. The average Bonchev–Trinajstić information content (AvgIpc) is 2.12. The molecule has 1 rings (SSSR count). The molecule has 1 aromatic carbocycles. The first-order chi connectivity index (χ1) is 6.24. The molecule has 0 heterocycles. The number of aryl methyl sites for hydroxylation is 2. The average molecular weight is 180 g/mol. The van der Waals surface area contributed by atoms with Gasteiger partial charge in [-0.3, -0.25) is 11.3 Å². The van der Waals surface area contributed by atoms with Gasteiger partial charge < -0.3 is 4.74 Å². The number of rotatable bonds is 4. The lowest BCUT2D eigenvalue weighted by atomic mass is 10.1. The van der Waals surface area contributed by atoms with Gasteiger partial charge in [0.25, 0.3) is 0 Å². The number of ether oxygens (including phenoxy) is 1. The third kappa shape index (κ3) is 3.05. The van der Waals surface area contributed by atoms with E-state index < -0.39 is 0 Å². The molecular formula is C10H16N2O. The van der Waals surface area contributed by atoms with E-state index in [1.54, 1.807) is 0 Å². The Bertz CT molecular complexity index is 274. The lowest BCUT2D eigenvalue weighted by molar-refractivity contribution is 0.315. The second-order valence-electron chi connectivity index (χ2n) is 3.05. The minimum absolute atomic E-state index is 0.596.